The summed E-state index contributed by atoms with van der Waals surface area (Å²) in [5, 5.41) is 6.97. The lowest BCUT2D eigenvalue weighted by atomic mass is 10.1. The van der Waals surface area contributed by atoms with Crippen molar-refractivity contribution >= 4 is 16.9 Å². The number of imidazole rings is 1. The molecular formula is C14H14N4O. The molecule has 2 heterocycles. The molecule has 0 aliphatic carbocycles. The van der Waals surface area contributed by atoms with Gasteiger partial charge in [0.2, 0.25) is 5.78 Å². The van der Waals surface area contributed by atoms with Gasteiger partial charge in [-0.3, -0.25) is 9.89 Å². The molecule has 0 saturated carbocycles. The lowest BCUT2D eigenvalue weighted by molar-refractivity contribution is 0.102. The highest BCUT2D eigenvalue weighted by Gasteiger charge is 2.20. The number of aromatic nitrogens is 4. The second-order valence-electron chi connectivity index (χ2n) is 4.38. The molecule has 0 aliphatic rings. The van der Waals surface area contributed by atoms with Crippen LogP contribution in [0.15, 0.2) is 30.3 Å². The number of hydrogen-bond donors (Lipinski definition) is 1. The van der Waals surface area contributed by atoms with E-state index in [0.29, 0.717) is 23.6 Å². The van der Waals surface area contributed by atoms with Crippen molar-refractivity contribution in [2.24, 2.45) is 0 Å². The average molecular weight is 254 g/mol. The van der Waals surface area contributed by atoms with E-state index in [9.17, 15) is 4.79 Å². The Morgan fingerprint density at radius 1 is 1.32 bits per heavy atom. The quantitative estimate of drug-likeness (QED) is 0.729. The second kappa shape index (κ2) is 4.35. The van der Waals surface area contributed by atoms with Crippen molar-refractivity contribution in [3.05, 3.63) is 47.4 Å². The van der Waals surface area contributed by atoms with Crippen LogP contribution in [0.4, 0.5) is 0 Å². The van der Waals surface area contributed by atoms with Crippen LogP contribution in [0.2, 0.25) is 0 Å². The average Bonchev–Trinajstić information content (AvgIpc) is 2.99. The third-order valence-electron chi connectivity index (χ3n) is 3.20. The van der Waals surface area contributed by atoms with Crippen LogP contribution in [0.1, 0.15) is 28.8 Å². The molecule has 0 unspecified atom stereocenters. The molecule has 2 aromatic heterocycles. The summed E-state index contributed by atoms with van der Waals surface area (Å²) in [5.41, 5.74) is 3.08. The zero-order chi connectivity index (χ0) is 13.4. The van der Waals surface area contributed by atoms with E-state index in [1.54, 1.807) is 12.1 Å². The number of hydrogen-bond acceptors (Lipinski definition) is 3. The summed E-state index contributed by atoms with van der Waals surface area (Å²) in [5.74, 6) is 0.395. The number of carbonyl (C=O) groups excluding carboxylic acids is 1. The van der Waals surface area contributed by atoms with Crippen LogP contribution in [0, 0.1) is 6.92 Å². The molecule has 5 nitrogen and oxygen atoms in total. The van der Waals surface area contributed by atoms with E-state index in [2.05, 4.69) is 15.2 Å². The Kier molecular flexibility index (Phi) is 2.67. The second-order valence-corrected chi connectivity index (χ2v) is 4.38. The Morgan fingerprint density at radius 3 is 2.74 bits per heavy atom. The van der Waals surface area contributed by atoms with Gasteiger partial charge in [-0.05, 0) is 13.8 Å². The highest BCUT2D eigenvalue weighted by atomic mass is 16.1. The van der Waals surface area contributed by atoms with Crippen molar-refractivity contribution in [3.63, 3.8) is 0 Å². The first-order valence-corrected chi connectivity index (χ1v) is 6.23. The molecule has 3 rings (SSSR count). The van der Waals surface area contributed by atoms with Crippen LogP contribution < -0.4 is 0 Å². The molecule has 1 N–H and O–H groups in total. The SMILES string of the molecule is CCn1c(C(=O)c2ccccc2)nc2[nH]nc(C)c21. The van der Waals surface area contributed by atoms with E-state index in [0.717, 1.165) is 11.2 Å². The predicted octanol–water partition coefficient (Wildman–Crippen LogP) is 2.32. The van der Waals surface area contributed by atoms with E-state index < -0.39 is 0 Å². The number of H-pyrrole nitrogens is 1. The molecule has 3 aromatic rings. The predicted molar refractivity (Wildman–Crippen MR) is 72.2 cm³/mol. The zero-order valence-electron chi connectivity index (χ0n) is 10.8. The van der Waals surface area contributed by atoms with Gasteiger partial charge < -0.3 is 4.57 Å². The number of benzene rings is 1. The van der Waals surface area contributed by atoms with E-state index in [1.807, 2.05) is 36.6 Å². The lowest BCUT2D eigenvalue weighted by Crippen LogP contribution is -2.11. The Hall–Kier alpha value is -2.43. The number of nitrogens with zero attached hydrogens (tertiary/aromatic N) is 3. The van der Waals surface area contributed by atoms with Crippen molar-refractivity contribution in [1.29, 1.82) is 0 Å². The number of carbonyl (C=O) groups is 1. The maximum atomic E-state index is 12.5. The summed E-state index contributed by atoms with van der Waals surface area (Å²) < 4.78 is 1.91. The number of ketones is 1. The van der Waals surface area contributed by atoms with Gasteiger partial charge in [-0.15, -0.1) is 0 Å². The maximum absolute atomic E-state index is 12.5. The summed E-state index contributed by atoms with van der Waals surface area (Å²) in [7, 11) is 0. The van der Waals surface area contributed by atoms with Gasteiger partial charge in [-0.1, -0.05) is 30.3 Å². The number of aromatic amines is 1. The van der Waals surface area contributed by atoms with E-state index >= 15 is 0 Å². The van der Waals surface area contributed by atoms with Crippen LogP contribution in [0.5, 0.6) is 0 Å². The largest absolute Gasteiger partial charge is 0.319 e. The molecule has 0 atom stereocenters. The van der Waals surface area contributed by atoms with Gasteiger partial charge in [0.15, 0.2) is 11.5 Å². The van der Waals surface area contributed by atoms with Crippen molar-refractivity contribution < 1.29 is 4.79 Å². The summed E-state index contributed by atoms with van der Waals surface area (Å²) in [6.45, 7) is 4.59. The van der Waals surface area contributed by atoms with Crippen LogP contribution >= 0.6 is 0 Å². The summed E-state index contributed by atoms with van der Waals surface area (Å²) in [6, 6.07) is 9.20. The summed E-state index contributed by atoms with van der Waals surface area (Å²) in [4.78, 5) is 16.9. The molecule has 0 radical (unpaired) electrons. The zero-order valence-corrected chi connectivity index (χ0v) is 10.8. The molecule has 0 spiro atoms. The molecule has 0 aliphatic heterocycles. The molecule has 5 heteroatoms. The van der Waals surface area contributed by atoms with Gasteiger partial charge in [0.05, 0.1) is 5.69 Å². The van der Waals surface area contributed by atoms with Gasteiger partial charge >= 0.3 is 0 Å². The van der Waals surface area contributed by atoms with Gasteiger partial charge in [-0.25, -0.2) is 4.98 Å². The fraction of sp³-hybridized carbons (Fsp3) is 0.214. The third-order valence-corrected chi connectivity index (χ3v) is 3.20. The molecule has 0 saturated heterocycles. The number of rotatable bonds is 3. The Labute approximate surface area is 110 Å². The fourth-order valence-corrected chi connectivity index (χ4v) is 2.29. The summed E-state index contributed by atoms with van der Waals surface area (Å²) in [6.07, 6.45) is 0. The Morgan fingerprint density at radius 2 is 2.05 bits per heavy atom. The maximum Gasteiger partial charge on any atom is 0.228 e. The number of aryl methyl sites for hydroxylation is 2. The van der Waals surface area contributed by atoms with Gasteiger partial charge in [-0.2, -0.15) is 5.10 Å². The molecular weight excluding hydrogens is 240 g/mol. The van der Waals surface area contributed by atoms with Crippen LogP contribution in [-0.2, 0) is 6.54 Å². The topological polar surface area (TPSA) is 63.6 Å². The van der Waals surface area contributed by atoms with E-state index in [4.69, 9.17) is 0 Å². The minimum absolute atomic E-state index is 0.0635. The molecule has 0 fully saturated rings. The molecule has 0 amide bonds. The third kappa shape index (κ3) is 1.74. The highest BCUT2D eigenvalue weighted by molar-refractivity contribution is 6.08. The molecule has 96 valence electrons. The van der Waals surface area contributed by atoms with Crippen LogP contribution in [0.25, 0.3) is 11.2 Å². The number of fused-ring (bicyclic) bond motifs is 1. The Bertz CT molecular complexity index is 739. The normalized spacial score (nSPS) is 11.1. The fourth-order valence-electron chi connectivity index (χ4n) is 2.29. The van der Waals surface area contributed by atoms with Gasteiger partial charge in [0.1, 0.15) is 5.52 Å². The van der Waals surface area contributed by atoms with Crippen molar-refractivity contribution in [3.8, 4) is 0 Å². The number of nitrogens with one attached hydrogen (secondary N) is 1. The first-order valence-electron chi connectivity index (χ1n) is 6.23. The minimum atomic E-state index is -0.0635. The highest BCUT2D eigenvalue weighted by Crippen LogP contribution is 2.19. The molecule has 1 aromatic carbocycles. The summed E-state index contributed by atoms with van der Waals surface area (Å²) >= 11 is 0. The van der Waals surface area contributed by atoms with Gasteiger partial charge in [0, 0.05) is 12.1 Å². The molecule has 0 bridgehead atoms. The monoisotopic (exact) mass is 254 g/mol. The minimum Gasteiger partial charge on any atom is -0.319 e. The first-order chi connectivity index (χ1) is 9.22. The van der Waals surface area contributed by atoms with E-state index in [1.165, 1.54) is 0 Å². The van der Waals surface area contributed by atoms with Crippen LogP contribution in [0.3, 0.4) is 0 Å². The smallest absolute Gasteiger partial charge is 0.228 e. The standard InChI is InChI=1S/C14H14N4O/c1-3-18-11-9(2)16-17-13(11)15-14(18)12(19)10-7-5-4-6-8-10/h4-8H,3H2,1-2H3,(H,16,17). The van der Waals surface area contributed by atoms with Crippen LogP contribution in [-0.4, -0.2) is 25.5 Å². The van der Waals surface area contributed by atoms with E-state index in [-0.39, 0.29) is 5.78 Å². The van der Waals surface area contributed by atoms with Gasteiger partial charge in [0.25, 0.3) is 0 Å². The van der Waals surface area contributed by atoms with Crippen molar-refractivity contribution in [2.75, 3.05) is 0 Å². The first kappa shape index (κ1) is 11.6. The Balaban J connectivity index is 2.18. The lowest BCUT2D eigenvalue weighted by Gasteiger charge is -2.05. The van der Waals surface area contributed by atoms with Crippen molar-refractivity contribution in [1.82, 2.24) is 19.7 Å². The molecule has 19 heavy (non-hydrogen) atoms. The van der Waals surface area contributed by atoms with Crippen molar-refractivity contribution in [2.45, 2.75) is 20.4 Å².